The van der Waals surface area contributed by atoms with Crippen molar-refractivity contribution in [3.05, 3.63) is 35.9 Å². The zero-order valence-electron chi connectivity index (χ0n) is 7.77. The molecule has 1 rings (SSSR count). The number of ketones is 1. The van der Waals surface area contributed by atoms with Crippen molar-refractivity contribution >= 4 is 12.0 Å². The summed E-state index contributed by atoms with van der Waals surface area (Å²) < 4.78 is 0. The van der Waals surface area contributed by atoms with Crippen LogP contribution < -0.4 is 0 Å². The first-order chi connectivity index (χ1) is 6.20. The van der Waals surface area contributed by atoms with Crippen LogP contribution in [-0.4, -0.2) is 31.1 Å². The number of hydrogen-bond donors (Lipinski definition) is 0. The molecule has 0 saturated carbocycles. The molecule has 0 bridgehead atoms. The third-order valence-corrected chi connectivity index (χ3v) is 1.46. The molecule has 0 fully saturated rings. The highest BCUT2D eigenvalue weighted by molar-refractivity contribution is 6.35. The minimum Gasteiger partial charge on any atom is -0.303 e. The van der Waals surface area contributed by atoms with E-state index in [4.69, 9.17) is 0 Å². The van der Waals surface area contributed by atoms with E-state index < -0.39 is 0 Å². The number of carbonyl (C=O) groups is 1. The Morgan fingerprint density at radius 1 is 1.31 bits per heavy atom. The number of carbonyl (C=O) groups excluding carboxylic acids is 1. The minimum absolute atomic E-state index is 0.0747. The molecule has 0 heterocycles. The van der Waals surface area contributed by atoms with Crippen molar-refractivity contribution in [1.82, 2.24) is 5.01 Å². The van der Waals surface area contributed by atoms with Gasteiger partial charge in [0.15, 0.2) is 0 Å². The van der Waals surface area contributed by atoms with E-state index in [-0.39, 0.29) is 5.78 Å². The topological polar surface area (TPSA) is 32.7 Å². The lowest BCUT2D eigenvalue weighted by atomic mass is 10.1. The molecule has 0 radical (unpaired) electrons. The van der Waals surface area contributed by atoms with Gasteiger partial charge < -0.3 is 5.01 Å². The molecule has 0 aliphatic rings. The highest BCUT2D eigenvalue weighted by atomic mass is 16.1. The van der Waals surface area contributed by atoms with E-state index in [1.165, 1.54) is 6.21 Å². The fourth-order valence-electron chi connectivity index (χ4n) is 0.845. The number of rotatable bonds is 3. The van der Waals surface area contributed by atoms with Gasteiger partial charge in [0.05, 0.1) is 6.21 Å². The monoisotopic (exact) mass is 176 g/mol. The van der Waals surface area contributed by atoms with Crippen LogP contribution >= 0.6 is 0 Å². The van der Waals surface area contributed by atoms with Crippen LogP contribution in [0.2, 0.25) is 0 Å². The van der Waals surface area contributed by atoms with E-state index in [0.717, 1.165) is 0 Å². The number of hydrazone groups is 1. The summed E-state index contributed by atoms with van der Waals surface area (Å²) in [6.45, 7) is 0. The predicted molar refractivity (Wildman–Crippen MR) is 53.0 cm³/mol. The lowest BCUT2D eigenvalue weighted by Crippen LogP contribution is -2.07. The average Bonchev–Trinajstić information content (AvgIpc) is 2.15. The lowest BCUT2D eigenvalue weighted by Gasteiger charge is -2.01. The molecule has 0 spiro atoms. The van der Waals surface area contributed by atoms with Crippen molar-refractivity contribution in [1.29, 1.82) is 0 Å². The second-order valence-corrected chi connectivity index (χ2v) is 2.82. The van der Waals surface area contributed by atoms with E-state index in [9.17, 15) is 4.79 Å². The van der Waals surface area contributed by atoms with E-state index >= 15 is 0 Å². The van der Waals surface area contributed by atoms with Gasteiger partial charge in [-0.25, -0.2) is 0 Å². The smallest absolute Gasteiger partial charge is 0.205 e. The van der Waals surface area contributed by atoms with Crippen LogP contribution in [0.15, 0.2) is 35.4 Å². The molecule has 0 atom stereocenters. The summed E-state index contributed by atoms with van der Waals surface area (Å²) in [5, 5.41) is 5.44. The van der Waals surface area contributed by atoms with Gasteiger partial charge in [-0.3, -0.25) is 4.79 Å². The maximum Gasteiger partial charge on any atom is 0.205 e. The number of hydrogen-bond acceptors (Lipinski definition) is 3. The highest BCUT2D eigenvalue weighted by Gasteiger charge is 1.99. The van der Waals surface area contributed by atoms with Crippen molar-refractivity contribution in [2.75, 3.05) is 14.1 Å². The lowest BCUT2D eigenvalue weighted by molar-refractivity contribution is 0.106. The van der Waals surface area contributed by atoms with Crippen LogP contribution in [-0.2, 0) is 0 Å². The van der Waals surface area contributed by atoms with Gasteiger partial charge in [0, 0.05) is 19.7 Å². The molecule has 1 aromatic rings. The largest absolute Gasteiger partial charge is 0.303 e. The minimum atomic E-state index is -0.0747. The van der Waals surface area contributed by atoms with Crippen LogP contribution in [0.1, 0.15) is 10.4 Å². The molecule has 1 aromatic carbocycles. The van der Waals surface area contributed by atoms with E-state index in [0.29, 0.717) is 5.56 Å². The predicted octanol–water partition coefficient (Wildman–Crippen LogP) is 1.42. The maximum atomic E-state index is 11.4. The SMILES string of the molecule is CN(C)/N=C/C(=O)c1ccccc1. The van der Waals surface area contributed by atoms with Gasteiger partial charge in [-0.1, -0.05) is 30.3 Å². The number of benzene rings is 1. The Kier molecular flexibility index (Phi) is 3.20. The molecule has 3 heteroatoms. The number of Topliss-reactive ketones (excluding diaryl/α,β-unsaturated/α-hetero) is 1. The molecule has 68 valence electrons. The van der Waals surface area contributed by atoms with E-state index in [1.807, 2.05) is 18.2 Å². The average molecular weight is 176 g/mol. The summed E-state index contributed by atoms with van der Waals surface area (Å²) in [5.41, 5.74) is 0.660. The Morgan fingerprint density at radius 2 is 1.92 bits per heavy atom. The van der Waals surface area contributed by atoms with Crippen molar-refractivity contribution in [2.24, 2.45) is 5.10 Å². The van der Waals surface area contributed by atoms with Gasteiger partial charge in [-0.05, 0) is 0 Å². The first-order valence-corrected chi connectivity index (χ1v) is 4.01. The van der Waals surface area contributed by atoms with Crippen LogP contribution in [0.5, 0.6) is 0 Å². The standard InChI is InChI=1S/C10H12N2O/c1-12(2)11-8-10(13)9-6-4-3-5-7-9/h3-8H,1-2H3/b11-8+. The third kappa shape index (κ3) is 3.07. The molecule has 0 amide bonds. The van der Waals surface area contributed by atoms with E-state index in [1.54, 1.807) is 31.2 Å². The zero-order valence-corrected chi connectivity index (χ0v) is 7.77. The van der Waals surface area contributed by atoms with Crippen LogP contribution in [0.3, 0.4) is 0 Å². The first-order valence-electron chi connectivity index (χ1n) is 4.01. The zero-order chi connectivity index (χ0) is 9.68. The Labute approximate surface area is 77.7 Å². The summed E-state index contributed by atoms with van der Waals surface area (Å²) in [6.07, 6.45) is 1.31. The van der Waals surface area contributed by atoms with Crippen molar-refractivity contribution < 1.29 is 4.79 Å². The third-order valence-electron chi connectivity index (χ3n) is 1.46. The molecule has 0 aliphatic carbocycles. The van der Waals surface area contributed by atoms with Gasteiger partial charge in [0.25, 0.3) is 0 Å². The Bertz CT molecular complexity index is 304. The fraction of sp³-hybridized carbons (Fsp3) is 0.200. The van der Waals surface area contributed by atoms with Gasteiger partial charge >= 0.3 is 0 Å². The van der Waals surface area contributed by atoms with Crippen LogP contribution in [0, 0.1) is 0 Å². The summed E-state index contributed by atoms with van der Waals surface area (Å²) in [4.78, 5) is 11.4. The van der Waals surface area contributed by atoms with Crippen LogP contribution in [0.25, 0.3) is 0 Å². The van der Waals surface area contributed by atoms with Gasteiger partial charge in [0.2, 0.25) is 5.78 Å². The fourth-order valence-corrected chi connectivity index (χ4v) is 0.845. The normalized spacial score (nSPS) is 10.3. The highest BCUT2D eigenvalue weighted by Crippen LogP contribution is 1.97. The van der Waals surface area contributed by atoms with Gasteiger partial charge in [0.1, 0.15) is 0 Å². The summed E-state index contributed by atoms with van der Waals surface area (Å²) in [7, 11) is 3.55. The molecule has 0 unspecified atom stereocenters. The Balaban J connectivity index is 2.70. The number of nitrogens with zero attached hydrogens (tertiary/aromatic N) is 2. The van der Waals surface area contributed by atoms with Crippen molar-refractivity contribution in [3.63, 3.8) is 0 Å². The summed E-state index contributed by atoms with van der Waals surface area (Å²) >= 11 is 0. The summed E-state index contributed by atoms with van der Waals surface area (Å²) in [6, 6.07) is 9.07. The quantitative estimate of drug-likeness (QED) is 0.396. The maximum absolute atomic E-state index is 11.4. The molecular weight excluding hydrogens is 164 g/mol. The Hall–Kier alpha value is -1.64. The second-order valence-electron chi connectivity index (χ2n) is 2.82. The molecule has 0 saturated heterocycles. The first kappa shape index (κ1) is 9.45. The van der Waals surface area contributed by atoms with Crippen molar-refractivity contribution in [2.45, 2.75) is 0 Å². The van der Waals surface area contributed by atoms with Crippen LogP contribution in [0.4, 0.5) is 0 Å². The molecule has 0 N–H and O–H groups in total. The van der Waals surface area contributed by atoms with Gasteiger partial charge in [-0.15, -0.1) is 0 Å². The molecule has 3 nitrogen and oxygen atoms in total. The van der Waals surface area contributed by atoms with Crippen molar-refractivity contribution in [3.8, 4) is 0 Å². The molecule has 13 heavy (non-hydrogen) atoms. The molecular formula is C10H12N2O. The van der Waals surface area contributed by atoms with Gasteiger partial charge in [-0.2, -0.15) is 5.10 Å². The Morgan fingerprint density at radius 3 is 2.46 bits per heavy atom. The molecule has 0 aliphatic heterocycles. The van der Waals surface area contributed by atoms with E-state index in [2.05, 4.69) is 5.10 Å². The molecule has 0 aromatic heterocycles. The second kappa shape index (κ2) is 4.40. The summed E-state index contributed by atoms with van der Waals surface area (Å²) in [5.74, 6) is -0.0747.